The van der Waals surface area contributed by atoms with Crippen LogP contribution < -0.4 is 0 Å². The van der Waals surface area contributed by atoms with Gasteiger partial charge in [-0.05, 0) is 47.2 Å². The Morgan fingerprint density at radius 2 is 1.03 bits per heavy atom. The van der Waals surface area contributed by atoms with Gasteiger partial charge in [-0.3, -0.25) is 0 Å². The van der Waals surface area contributed by atoms with Gasteiger partial charge in [0.2, 0.25) is 0 Å². The van der Waals surface area contributed by atoms with Gasteiger partial charge in [0.25, 0.3) is 0 Å². The molecule has 202 valence electrons. The van der Waals surface area contributed by atoms with E-state index in [0.717, 1.165) is 24.3 Å². The molecule has 6 nitrogen and oxygen atoms in total. The van der Waals surface area contributed by atoms with Crippen LogP contribution >= 0.6 is 0 Å². The van der Waals surface area contributed by atoms with Crippen molar-refractivity contribution in [2.75, 3.05) is 6.61 Å². The highest BCUT2D eigenvalue weighted by Gasteiger charge is 2.48. The van der Waals surface area contributed by atoms with E-state index >= 15 is 0 Å². The molecule has 0 heterocycles. The van der Waals surface area contributed by atoms with E-state index in [2.05, 4.69) is 0 Å². The number of hydrogen-bond acceptors (Lipinski definition) is 6. The lowest BCUT2D eigenvalue weighted by atomic mass is 9.78. The van der Waals surface area contributed by atoms with Gasteiger partial charge in [0.15, 0.2) is 0 Å². The lowest BCUT2D eigenvalue weighted by molar-refractivity contribution is -0.203. The maximum Gasteiger partial charge on any atom is 0.129 e. The van der Waals surface area contributed by atoms with Gasteiger partial charge < -0.3 is 30.6 Å². The molecule has 0 aliphatic rings. The summed E-state index contributed by atoms with van der Waals surface area (Å²) >= 11 is 0. The maximum absolute atomic E-state index is 14.5. The second-order valence-corrected chi connectivity index (χ2v) is 9.83. The predicted molar refractivity (Wildman–Crippen MR) is 124 cm³/mol. The van der Waals surface area contributed by atoms with Crippen molar-refractivity contribution >= 4 is 0 Å². The normalized spacial score (nSPS) is 17.2. The average molecular weight is 519 g/mol. The van der Waals surface area contributed by atoms with Gasteiger partial charge in [-0.2, -0.15) is 0 Å². The third kappa shape index (κ3) is 6.42. The summed E-state index contributed by atoms with van der Waals surface area (Å²) in [6.45, 7) is 5.27. The zero-order chi connectivity index (χ0) is 27.5. The van der Waals surface area contributed by atoms with Gasteiger partial charge >= 0.3 is 0 Å². The Morgan fingerprint density at radius 3 is 1.39 bits per heavy atom. The summed E-state index contributed by atoms with van der Waals surface area (Å²) in [4.78, 5) is 0. The van der Waals surface area contributed by atoms with Crippen molar-refractivity contribution in [1.82, 2.24) is 0 Å². The molecular formula is C26H34F4O6. The van der Waals surface area contributed by atoms with E-state index < -0.39 is 84.6 Å². The molecule has 0 radical (unpaired) electrons. The zero-order valence-corrected chi connectivity index (χ0v) is 20.6. The molecule has 0 aromatic heterocycles. The zero-order valence-electron chi connectivity index (χ0n) is 20.6. The molecule has 5 atom stereocenters. The molecule has 36 heavy (non-hydrogen) atoms. The fraction of sp³-hybridized carbons (Fsp3) is 0.538. The third-order valence-electron chi connectivity index (χ3n) is 6.30. The van der Waals surface area contributed by atoms with Crippen LogP contribution in [0.4, 0.5) is 17.6 Å². The Bertz CT molecular complexity index is 1000. The molecule has 10 heteroatoms. The first-order valence-electron chi connectivity index (χ1n) is 11.6. The molecule has 0 spiro atoms. The molecule has 2 rings (SSSR count). The summed E-state index contributed by atoms with van der Waals surface area (Å²) in [7, 11) is 0. The van der Waals surface area contributed by atoms with Gasteiger partial charge in [0.05, 0.1) is 12.7 Å². The summed E-state index contributed by atoms with van der Waals surface area (Å²) < 4.78 is 57.8. The monoisotopic (exact) mass is 518 g/mol. The number of aliphatic hydroxyl groups excluding tert-OH is 5. The lowest BCUT2D eigenvalue weighted by Crippen LogP contribution is -2.62. The Morgan fingerprint density at radius 1 is 0.667 bits per heavy atom. The fourth-order valence-corrected chi connectivity index (χ4v) is 4.43. The molecule has 0 saturated carbocycles. The molecule has 0 fully saturated rings. The minimum atomic E-state index is -2.82. The van der Waals surface area contributed by atoms with E-state index in [1.807, 2.05) is 0 Å². The second kappa shape index (κ2) is 12.0. The van der Waals surface area contributed by atoms with Crippen LogP contribution in [0.15, 0.2) is 24.3 Å². The van der Waals surface area contributed by atoms with Crippen LogP contribution in [0.25, 0.3) is 0 Å². The second-order valence-electron chi connectivity index (χ2n) is 9.83. The van der Waals surface area contributed by atoms with Crippen molar-refractivity contribution in [3.63, 3.8) is 0 Å². The number of aliphatic hydroxyl groups is 6. The predicted octanol–water partition coefficient (Wildman–Crippen LogP) is 2.44. The van der Waals surface area contributed by atoms with Crippen LogP contribution in [0.3, 0.4) is 0 Å². The smallest absolute Gasteiger partial charge is 0.129 e. The summed E-state index contributed by atoms with van der Waals surface area (Å²) in [6, 6.07) is 3.69. The first-order valence-corrected chi connectivity index (χ1v) is 11.6. The van der Waals surface area contributed by atoms with Crippen molar-refractivity contribution in [2.45, 2.75) is 82.4 Å². The minimum Gasteiger partial charge on any atom is -0.394 e. The molecule has 2 aromatic carbocycles. The lowest BCUT2D eigenvalue weighted by Gasteiger charge is -2.40. The number of benzene rings is 2. The largest absolute Gasteiger partial charge is 0.394 e. The first kappa shape index (κ1) is 30.1. The van der Waals surface area contributed by atoms with E-state index in [1.54, 1.807) is 27.7 Å². The van der Waals surface area contributed by atoms with Crippen LogP contribution in [-0.4, -0.2) is 67.3 Å². The molecule has 0 aliphatic carbocycles. The van der Waals surface area contributed by atoms with E-state index in [1.165, 1.54) is 0 Å². The third-order valence-corrected chi connectivity index (χ3v) is 6.30. The Labute approximate surface area is 207 Å². The van der Waals surface area contributed by atoms with Crippen LogP contribution in [-0.2, 0) is 12.8 Å². The summed E-state index contributed by atoms with van der Waals surface area (Å²) in [5, 5.41) is 62.3. The molecule has 2 aromatic rings. The summed E-state index contributed by atoms with van der Waals surface area (Å²) in [5.41, 5.74) is -3.49. The number of rotatable bonds is 11. The van der Waals surface area contributed by atoms with Gasteiger partial charge in [-0.1, -0.05) is 27.7 Å². The van der Waals surface area contributed by atoms with Gasteiger partial charge in [0.1, 0.15) is 47.2 Å². The molecule has 1 unspecified atom stereocenters. The summed E-state index contributed by atoms with van der Waals surface area (Å²) in [5.74, 6) is -4.59. The highest BCUT2D eigenvalue weighted by atomic mass is 19.1. The van der Waals surface area contributed by atoms with Crippen LogP contribution in [0.2, 0.25) is 0 Å². The fourth-order valence-electron chi connectivity index (χ4n) is 4.43. The van der Waals surface area contributed by atoms with Crippen molar-refractivity contribution in [3.8, 4) is 0 Å². The van der Waals surface area contributed by atoms with Crippen LogP contribution in [0, 0.1) is 23.3 Å². The highest BCUT2D eigenvalue weighted by molar-refractivity contribution is 5.31. The quantitative estimate of drug-likeness (QED) is 0.254. The maximum atomic E-state index is 14.5. The first-order chi connectivity index (χ1) is 16.6. The van der Waals surface area contributed by atoms with Crippen LogP contribution in [0.1, 0.15) is 61.8 Å². The summed E-state index contributed by atoms with van der Waals surface area (Å²) in [6.07, 6.45) is -9.91. The Kier molecular flexibility index (Phi) is 10.0. The standard InChI is InChI=1S/C26H34F4O6/c1-12(2)22-16(27)5-14(6-17(22)28)9-20(32)24(34)26(36,25(35)21(33)11-31)10-15-7-18(29)23(13(3)4)19(30)8-15/h5-8,12-13,20-21,24-25,31-36H,9-11H2,1-4H3/t20?,21-,24+,25+,26+/m0/s1. The van der Waals surface area contributed by atoms with Gasteiger partial charge in [0, 0.05) is 24.0 Å². The van der Waals surface area contributed by atoms with E-state index in [4.69, 9.17) is 0 Å². The van der Waals surface area contributed by atoms with Crippen molar-refractivity contribution in [1.29, 1.82) is 0 Å². The average Bonchev–Trinajstić information content (AvgIpc) is 2.75. The van der Waals surface area contributed by atoms with E-state index in [9.17, 15) is 48.2 Å². The minimum absolute atomic E-state index is 0.0705. The Balaban J connectivity index is 2.43. The van der Waals surface area contributed by atoms with Crippen molar-refractivity contribution < 1.29 is 48.2 Å². The van der Waals surface area contributed by atoms with Gasteiger partial charge in [-0.25, -0.2) is 17.6 Å². The highest BCUT2D eigenvalue weighted by Crippen LogP contribution is 2.31. The van der Waals surface area contributed by atoms with Gasteiger partial charge in [-0.15, -0.1) is 0 Å². The SMILES string of the molecule is CC(C)c1c(F)cc(CC(O)[C@@H](O)[C@](O)(Cc2cc(F)c(C(C)C)c(F)c2)[C@H](O)[C@@H](O)CO)cc1F. The Hall–Kier alpha value is -2.08. The molecule has 6 N–H and O–H groups in total. The van der Waals surface area contributed by atoms with Crippen LogP contribution in [0.5, 0.6) is 0 Å². The molecular weight excluding hydrogens is 484 g/mol. The molecule has 0 bridgehead atoms. The van der Waals surface area contributed by atoms with E-state index in [0.29, 0.717) is 0 Å². The van der Waals surface area contributed by atoms with Crippen molar-refractivity contribution in [2.24, 2.45) is 0 Å². The number of hydrogen-bond donors (Lipinski definition) is 6. The van der Waals surface area contributed by atoms with Crippen molar-refractivity contribution in [3.05, 3.63) is 69.8 Å². The molecule has 0 saturated heterocycles. The van der Waals surface area contributed by atoms with E-state index in [-0.39, 0.29) is 22.3 Å². The number of halogens is 4. The topological polar surface area (TPSA) is 121 Å². The molecule has 0 amide bonds. The molecule has 0 aliphatic heterocycles.